The van der Waals surface area contributed by atoms with Crippen LogP contribution in [0, 0.1) is 34.6 Å². The molecular formula is C94H70N8S4. The van der Waals surface area contributed by atoms with Crippen LogP contribution in [0.3, 0.4) is 0 Å². The van der Waals surface area contributed by atoms with Crippen LogP contribution >= 0.6 is 45.3 Å². The third-order valence-electron chi connectivity index (χ3n) is 17.3. The average molecular weight is 1460 g/mol. The second-order valence-electron chi connectivity index (χ2n) is 24.4. The number of benzene rings is 12. The summed E-state index contributed by atoms with van der Waals surface area (Å²) in [4.78, 5) is 36.1. The van der Waals surface area contributed by atoms with Gasteiger partial charge in [-0.2, -0.15) is 0 Å². The van der Waals surface area contributed by atoms with Gasteiger partial charge in [0, 0.05) is 125 Å². The number of aromatic nitrogens is 8. The van der Waals surface area contributed by atoms with E-state index in [1.165, 1.54) is 50.4 Å². The number of aryl methyl sites for hydroxylation is 4. The van der Waals surface area contributed by atoms with Gasteiger partial charge in [0.25, 0.3) is 0 Å². The van der Waals surface area contributed by atoms with Crippen LogP contribution in [0.1, 0.15) is 62.3 Å². The summed E-state index contributed by atoms with van der Waals surface area (Å²) >= 11 is 6.87. The summed E-state index contributed by atoms with van der Waals surface area (Å²) in [6.07, 6.45) is 0. The molecule has 0 fully saturated rings. The number of fused-ring (bicyclic) bond motifs is 12. The first kappa shape index (κ1) is 49.5. The maximum Gasteiger partial charge on any atom is 0.126 e. The second kappa shape index (κ2) is 29.9. The highest BCUT2D eigenvalue weighted by molar-refractivity contribution is 7.27. The van der Waals surface area contributed by atoms with Crippen LogP contribution in [0.15, 0.2) is 309 Å². The smallest absolute Gasteiger partial charge is 0.126 e. The molecule has 12 aromatic carbocycles. The highest BCUT2D eigenvalue weighted by atomic mass is 32.1. The van der Waals surface area contributed by atoms with Crippen molar-refractivity contribution in [3.8, 4) is 90.1 Å². The molecule has 8 aromatic heterocycles. The van der Waals surface area contributed by atoms with Crippen LogP contribution in [0.25, 0.3) is 171 Å². The van der Waals surface area contributed by atoms with E-state index in [-0.39, 0.29) is 126 Å². The van der Waals surface area contributed by atoms with E-state index in [4.69, 9.17) is 26.0 Å². The lowest BCUT2D eigenvalue weighted by Gasteiger charge is -2.08. The Morgan fingerprint density at radius 3 is 1.17 bits per heavy atom. The van der Waals surface area contributed by atoms with Gasteiger partial charge in [-0.15, -0.1) is 45.3 Å². The molecule has 0 aliphatic carbocycles. The monoisotopic (exact) mass is 1460 g/mol. The van der Waals surface area contributed by atoms with E-state index >= 15 is 0 Å². The standard InChI is InChI=1S/C24H18N2S.3C23H16N2S.CH4/c1-15-7-5-8-17(13-15)21-14-22(26-16(2)25-21)20-11-6-10-19-18-9-3-4-12-23(18)27-24(19)20;1-15-24-19(16-8-3-2-4-9-16)14-20(25-15)17-11-7-13-22-23(17)18-10-5-6-12-21(18)26-22;1-15-24-20(16-7-3-2-4-8-16)14-21(25-15)17-11-12-23-19(13-17)18-9-5-6-10-22(18)26-23;1-15-24-20(16-7-3-2-4-8-16)14-21(25-15)17-11-12-19-18-9-5-6-10-22(18)26-23(19)13-17;/h3-14H,1-2H3;3*2-14H,1H3;1H4/i5D,7D,8D,13D;2D,3D,4D,8D,9D;2*2D,3D,4D,7D,8D;. The molecule has 0 aliphatic rings. The summed E-state index contributed by atoms with van der Waals surface area (Å²) in [7, 11) is 0. The summed E-state index contributed by atoms with van der Waals surface area (Å²) in [5, 5.41) is 9.32. The molecule has 12 heteroatoms. The fraction of sp³-hybridized carbons (Fsp3) is 0.0638. The van der Waals surface area contributed by atoms with Crippen molar-refractivity contribution in [1.29, 1.82) is 0 Å². The number of nitrogens with zero attached hydrogens (tertiary/aromatic N) is 8. The molecule has 106 heavy (non-hydrogen) atoms. The van der Waals surface area contributed by atoms with E-state index in [2.05, 4.69) is 125 Å². The Hall–Kier alpha value is -12.2. The Labute approximate surface area is 658 Å². The van der Waals surface area contributed by atoms with E-state index in [1.54, 1.807) is 104 Å². The lowest BCUT2D eigenvalue weighted by atomic mass is 10.0. The fourth-order valence-electron chi connectivity index (χ4n) is 12.8. The first-order valence-electron chi connectivity index (χ1n) is 42.8. The first-order chi connectivity index (χ1) is 59.4. The molecule has 8 heterocycles. The fourth-order valence-corrected chi connectivity index (χ4v) is 17.4. The number of hydrogen-bond donors (Lipinski definition) is 0. The van der Waals surface area contributed by atoms with Crippen molar-refractivity contribution in [1.82, 2.24) is 39.9 Å². The number of thiophene rings is 4. The zero-order valence-electron chi connectivity index (χ0n) is 75.7. The zero-order chi connectivity index (χ0) is 87.4. The normalized spacial score (nSPS) is 13.7. The number of hydrogen-bond acceptors (Lipinski definition) is 12. The molecule has 510 valence electrons. The molecule has 0 N–H and O–H groups in total. The largest absolute Gasteiger partial charge is 0.233 e. The van der Waals surface area contributed by atoms with Gasteiger partial charge in [-0.25, -0.2) is 39.9 Å². The van der Waals surface area contributed by atoms with Crippen molar-refractivity contribution in [3.63, 3.8) is 0 Å². The van der Waals surface area contributed by atoms with Gasteiger partial charge in [0.15, 0.2) is 0 Å². The lowest BCUT2D eigenvalue weighted by molar-refractivity contribution is 1.06. The third-order valence-corrected chi connectivity index (χ3v) is 22.0. The van der Waals surface area contributed by atoms with Crippen LogP contribution in [0.2, 0.25) is 0 Å². The molecule has 20 aromatic rings. The predicted molar refractivity (Wildman–Crippen MR) is 454 cm³/mol. The summed E-state index contributed by atoms with van der Waals surface area (Å²) in [5.41, 5.74) is 8.62. The molecule has 0 unspecified atom stereocenters. The van der Waals surface area contributed by atoms with Crippen molar-refractivity contribution in [2.75, 3.05) is 0 Å². The van der Waals surface area contributed by atoms with Gasteiger partial charge in [0.1, 0.15) is 23.3 Å². The van der Waals surface area contributed by atoms with Crippen molar-refractivity contribution >= 4 is 126 Å². The Bertz CT molecular complexity index is 7730. The number of rotatable bonds is 8. The zero-order valence-corrected chi connectivity index (χ0v) is 60.0. The van der Waals surface area contributed by atoms with Crippen LogP contribution in [-0.4, -0.2) is 39.9 Å². The van der Waals surface area contributed by atoms with Gasteiger partial charge in [-0.1, -0.05) is 243 Å². The average Bonchev–Trinajstić information content (AvgIpc) is 1.73. The van der Waals surface area contributed by atoms with E-state index in [1.807, 2.05) is 84.9 Å². The summed E-state index contributed by atoms with van der Waals surface area (Å²) in [5.74, 6) is 1.93. The van der Waals surface area contributed by atoms with Crippen molar-refractivity contribution < 1.29 is 26.0 Å². The van der Waals surface area contributed by atoms with Gasteiger partial charge < -0.3 is 0 Å². The molecule has 0 saturated carbocycles. The second-order valence-corrected chi connectivity index (χ2v) is 28.7. The van der Waals surface area contributed by atoms with Crippen LogP contribution in [-0.2, 0) is 0 Å². The van der Waals surface area contributed by atoms with E-state index in [9.17, 15) is 0 Å². The highest BCUT2D eigenvalue weighted by Gasteiger charge is 2.18. The molecule has 0 saturated heterocycles. The van der Waals surface area contributed by atoms with Crippen molar-refractivity contribution in [2.24, 2.45) is 0 Å². The van der Waals surface area contributed by atoms with E-state index in [0.29, 0.717) is 68.7 Å². The molecular weight excluding hydrogens is 1370 g/mol. The summed E-state index contributed by atoms with van der Waals surface area (Å²) < 4.78 is 163. The Morgan fingerprint density at radius 1 is 0.245 bits per heavy atom. The summed E-state index contributed by atoms with van der Waals surface area (Å²) in [6.45, 7) is 8.65. The lowest BCUT2D eigenvalue weighted by Crippen LogP contribution is -1.95. The first-order valence-corrected chi connectivity index (χ1v) is 36.6. The van der Waals surface area contributed by atoms with Gasteiger partial charge in [-0.05, 0) is 113 Å². The minimum Gasteiger partial charge on any atom is -0.233 e. The molecule has 0 amide bonds. The molecule has 0 atom stereocenters. The Balaban J connectivity index is 0.000000123. The van der Waals surface area contributed by atoms with E-state index < -0.39 is 18.1 Å². The molecule has 0 spiro atoms. The van der Waals surface area contributed by atoms with Gasteiger partial charge in [0.05, 0.1) is 71.6 Å². The predicted octanol–water partition coefficient (Wildman–Crippen LogP) is 26.9. The van der Waals surface area contributed by atoms with Crippen LogP contribution in [0.4, 0.5) is 0 Å². The molecule has 0 aliphatic heterocycles. The Morgan fingerprint density at radius 2 is 0.604 bits per heavy atom. The van der Waals surface area contributed by atoms with Crippen molar-refractivity contribution in [2.45, 2.75) is 42.0 Å². The molecule has 20 rings (SSSR count). The molecule has 0 radical (unpaired) electrons. The third kappa shape index (κ3) is 14.1. The quantitative estimate of drug-likeness (QED) is 0.148. The summed E-state index contributed by atoms with van der Waals surface area (Å²) in [6, 6.07) is 58.9. The molecule has 0 bridgehead atoms. The van der Waals surface area contributed by atoms with Crippen molar-refractivity contribution in [3.05, 3.63) is 338 Å². The maximum absolute atomic E-state index is 8.48. The minimum absolute atomic E-state index is 0. The van der Waals surface area contributed by atoms with Gasteiger partial charge >= 0.3 is 0 Å². The van der Waals surface area contributed by atoms with Crippen LogP contribution < -0.4 is 0 Å². The molecule has 8 nitrogen and oxygen atoms in total. The Kier molecular flexibility index (Phi) is 14.0. The SMILES string of the molecule is C.[2H]c1c([2H])c(C)c([2H])c(-c2cc(-c3cccc4c3sc3ccccc34)nc(C)n2)c1[2H].[2H]c1c([2H])c([2H])c(-c2cc(-c3ccc4c(c3)sc3ccccc34)nc(C)n2)c([2H])c1[2H].[2H]c1c([2H])c([2H])c(-c2cc(-c3ccc4sc5ccccc5c4c3)nc(C)n2)c([2H])c1[2H].[2H]c1c([2H])c([2H])c(-c2cc(-c3cccc4sc5ccccc5c34)nc(C)n2)c([2H])c1[2H]. The topological polar surface area (TPSA) is 103 Å². The highest BCUT2D eigenvalue weighted by Crippen LogP contribution is 2.43. The van der Waals surface area contributed by atoms with Crippen LogP contribution in [0.5, 0.6) is 0 Å². The van der Waals surface area contributed by atoms with Gasteiger partial charge in [-0.3, -0.25) is 0 Å². The van der Waals surface area contributed by atoms with E-state index in [0.717, 1.165) is 58.2 Å². The van der Waals surface area contributed by atoms with Gasteiger partial charge in [0.2, 0.25) is 0 Å². The maximum atomic E-state index is 8.48. The minimum atomic E-state index is -0.417.